The van der Waals surface area contributed by atoms with Gasteiger partial charge in [-0.2, -0.15) is 0 Å². The fraction of sp³-hybridized carbons (Fsp3) is 0.417. The Balaban J connectivity index is 2.56. The number of likely N-dealkylation sites (N-methyl/N-ethyl adjacent to an activating group) is 1. The molecule has 86 valence electrons. The van der Waals surface area contributed by atoms with Crippen molar-refractivity contribution in [3.63, 3.8) is 0 Å². The monoisotopic (exact) mass is 238 g/mol. The summed E-state index contributed by atoms with van der Waals surface area (Å²) in [4.78, 5) is 14.0. The molecule has 2 rings (SSSR count). The first-order valence-electron chi connectivity index (χ1n) is 5.35. The van der Waals surface area contributed by atoms with Gasteiger partial charge in [-0.15, -0.1) is 0 Å². The van der Waals surface area contributed by atoms with Crippen LogP contribution in [0.2, 0.25) is 5.02 Å². The maximum atomic E-state index is 12.0. The predicted octanol–water partition coefficient (Wildman–Crippen LogP) is 2.90. The van der Waals surface area contributed by atoms with Gasteiger partial charge in [0.25, 0.3) is 0 Å². The van der Waals surface area contributed by atoms with Crippen LogP contribution in [-0.4, -0.2) is 18.0 Å². The second-order valence-electron chi connectivity index (χ2n) is 4.42. The lowest BCUT2D eigenvalue weighted by molar-refractivity contribution is -0.120. The van der Waals surface area contributed by atoms with E-state index in [1.54, 1.807) is 6.07 Å². The summed E-state index contributed by atoms with van der Waals surface area (Å²) < 4.78 is 0. The lowest BCUT2D eigenvalue weighted by Gasteiger charge is -2.43. The summed E-state index contributed by atoms with van der Waals surface area (Å²) in [5, 5.41) is 3.52. The molecule has 3 nitrogen and oxygen atoms in total. The SMILES string of the molecule is CCN1c2ccc(Cl)cc2NC(=O)C1(C)C. The number of halogens is 1. The predicted molar refractivity (Wildman–Crippen MR) is 67.2 cm³/mol. The molecule has 0 aliphatic carbocycles. The van der Waals surface area contributed by atoms with E-state index in [1.807, 2.05) is 32.9 Å². The van der Waals surface area contributed by atoms with Crippen molar-refractivity contribution >= 4 is 28.9 Å². The number of anilines is 2. The average Bonchev–Trinajstić information content (AvgIpc) is 2.20. The zero-order valence-electron chi connectivity index (χ0n) is 9.67. The van der Waals surface area contributed by atoms with E-state index in [4.69, 9.17) is 11.6 Å². The summed E-state index contributed by atoms with van der Waals surface area (Å²) >= 11 is 5.92. The van der Waals surface area contributed by atoms with Crippen LogP contribution < -0.4 is 10.2 Å². The van der Waals surface area contributed by atoms with Crippen molar-refractivity contribution in [3.8, 4) is 0 Å². The normalized spacial score (nSPS) is 18.0. The molecule has 1 N–H and O–H groups in total. The maximum Gasteiger partial charge on any atom is 0.249 e. The van der Waals surface area contributed by atoms with E-state index in [-0.39, 0.29) is 5.91 Å². The third-order valence-electron chi connectivity index (χ3n) is 3.04. The van der Waals surface area contributed by atoms with Gasteiger partial charge in [-0.25, -0.2) is 0 Å². The van der Waals surface area contributed by atoms with E-state index in [1.165, 1.54) is 0 Å². The second kappa shape index (κ2) is 3.67. The molecule has 0 spiro atoms. The molecule has 0 fully saturated rings. The van der Waals surface area contributed by atoms with E-state index in [2.05, 4.69) is 10.2 Å². The molecule has 1 amide bonds. The van der Waals surface area contributed by atoms with E-state index in [0.717, 1.165) is 17.9 Å². The van der Waals surface area contributed by atoms with Crippen molar-refractivity contribution in [1.29, 1.82) is 0 Å². The highest BCUT2D eigenvalue weighted by molar-refractivity contribution is 6.31. The van der Waals surface area contributed by atoms with E-state index in [0.29, 0.717) is 5.02 Å². The van der Waals surface area contributed by atoms with Crippen molar-refractivity contribution in [1.82, 2.24) is 0 Å². The lowest BCUT2D eigenvalue weighted by atomic mass is 9.96. The van der Waals surface area contributed by atoms with Gasteiger partial charge in [-0.05, 0) is 39.0 Å². The molecular weight excluding hydrogens is 224 g/mol. The molecule has 1 aliphatic heterocycles. The first kappa shape index (κ1) is 11.3. The van der Waals surface area contributed by atoms with Gasteiger partial charge in [0.05, 0.1) is 11.4 Å². The fourth-order valence-corrected chi connectivity index (χ4v) is 2.28. The molecule has 0 bridgehead atoms. The minimum atomic E-state index is -0.518. The summed E-state index contributed by atoms with van der Waals surface area (Å²) in [5.74, 6) is 0.00381. The Bertz CT molecular complexity index is 443. The number of fused-ring (bicyclic) bond motifs is 1. The Kier molecular flexibility index (Phi) is 2.58. The van der Waals surface area contributed by atoms with E-state index < -0.39 is 5.54 Å². The number of hydrogen-bond acceptors (Lipinski definition) is 2. The number of nitrogens with zero attached hydrogens (tertiary/aromatic N) is 1. The summed E-state index contributed by atoms with van der Waals surface area (Å²) in [6.07, 6.45) is 0. The number of carbonyl (C=O) groups excluding carboxylic acids is 1. The topological polar surface area (TPSA) is 32.3 Å². The molecule has 0 atom stereocenters. The molecule has 0 saturated carbocycles. The van der Waals surface area contributed by atoms with Gasteiger partial charge < -0.3 is 10.2 Å². The van der Waals surface area contributed by atoms with Crippen LogP contribution in [0.4, 0.5) is 11.4 Å². The molecule has 16 heavy (non-hydrogen) atoms. The van der Waals surface area contributed by atoms with E-state index >= 15 is 0 Å². The van der Waals surface area contributed by atoms with Crippen LogP contribution in [0.25, 0.3) is 0 Å². The zero-order valence-corrected chi connectivity index (χ0v) is 10.4. The highest BCUT2D eigenvalue weighted by Gasteiger charge is 2.39. The molecule has 4 heteroatoms. The highest BCUT2D eigenvalue weighted by atomic mass is 35.5. The van der Waals surface area contributed by atoms with Crippen molar-refractivity contribution in [3.05, 3.63) is 23.2 Å². The maximum absolute atomic E-state index is 12.0. The molecule has 1 aromatic carbocycles. The molecule has 0 unspecified atom stereocenters. The Hall–Kier alpha value is -1.22. The van der Waals surface area contributed by atoms with Crippen molar-refractivity contribution in [2.45, 2.75) is 26.3 Å². The lowest BCUT2D eigenvalue weighted by Crippen LogP contribution is -2.55. The molecule has 0 radical (unpaired) electrons. The minimum Gasteiger partial charge on any atom is -0.356 e. The smallest absolute Gasteiger partial charge is 0.249 e. The third kappa shape index (κ3) is 1.55. The summed E-state index contributed by atoms with van der Waals surface area (Å²) in [6.45, 7) is 6.67. The standard InChI is InChI=1S/C12H15ClN2O/c1-4-15-10-6-5-8(13)7-9(10)14-11(16)12(15,2)3/h5-7H,4H2,1-3H3,(H,14,16). The zero-order chi connectivity index (χ0) is 11.9. The Morgan fingerprint density at radius 2 is 2.12 bits per heavy atom. The van der Waals surface area contributed by atoms with Crippen LogP contribution in [0.15, 0.2) is 18.2 Å². The fourth-order valence-electron chi connectivity index (χ4n) is 2.11. The first-order chi connectivity index (χ1) is 7.46. The van der Waals surface area contributed by atoms with Crippen LogP contribution in [0.5, 0.6) is 0 Å². The minimum absolute atomic E-state index is 0.00381. The number of carbonyl (C=O) groups is 1. The Labute approximate surface area is 100 Å². The van der Waals surface area contributed by atoms with Gasteiger partial charge >= 0.3 is 0 Å². The van der Waals surface area contributed by atoms with Gasteiger partial charge in [0.15, 0.2) is 0 Å². The summed E-state index contributed by atoms with van der Waals surface area (Å²) in [5.41, 5.74) is 1.30. The molecule has 1 aliphatic rings. The molecule has 0 aromatic heterocycles. The van der Waals surface area contributed by atoms with Crippen molar-refractivity contribution < 1.29 is 4.79 Å². The third-order valence-corrected chi connectivity index (χ3v) is 3.28. The Morgan fingerprint density at radius 1 is 1.44 bits per heavy atom. The van der Waals surface area contributed by atoms with Crippen LogP contribution in [-0.2, 0) is 4.79 Å². The quantitative estimate of drug-likeness (QED) is 0.816. The van der Waals surface area contributed by atoms with Crippen molar-refractivity contribution in [2.75, 3.05) is 16.8 Å². The largest absolute Gasteiger partial charge is 0.356 e. The molecule has 0 saturated heterocycles. The summed E-state index contributed by atoms with van der Waals surface area (Å²) in [6, 6.07) is 5.58. The van der Waals surface area contributed by atoms with Crippen molar-refractivity contribution in [2.24, 2.45) is 0 Å². The van der Waals surface area contributed by atoms with Gasteiger partial charge in [0.2, 0.25) is 5.91 Å². The van der Waals surface area contributed by atoms with Crippen LogP contribution >= 0.6 is 11.6 Å². The number of nitrogens with one attached hydrogen (secondary N) is 1. The number of benzene rings is 1. The van der Waals surface area contributed by atoms with Crippen LogP contribution in [0.1, 0.15) is 20.8 Å². The number of rotatable bonds is 1. The summed E-state index contributed by atoms with van der Waals surface area (Å²) in [7, 11) is 0. The van der Waals surface area contributed by atoms with E-state index in [9.17, 15) is 4.79 Å². The first-order valence-corrected chi connectivity index (χ1v) is 5.73. The molecular formula is C12H15ClN2O. The van der Waals surface area contributed by atoms with Gasteiger partial charge in [0.1, 0.15) is 5.54 Å². The van der Waals surface area contributed by atoms with Crippen LogP contribution in [0, 0.1) is 0 Å². The molecule has 1 aromatic rings. The van der Waals surface area contributed by atoms with Gasteiger partial charge in [-0.1, -0.05) is 11.6 Å². The second-order valence-corrected chi connectivity index (χ2v) is 4.86. The van der Waals surface area contributed by atoms with Gasteiger partial charge in [0, 0.05) is 11.6 Å². The van der Waals surface area contributed by atoms with Crippen LogP contribution in [0.3, 0.4) is 0 Å². The highest BCUT2D eigenvalue weighted by Crippen LogP contribution is 2.37. The average molecular weight is 239 g/mol. The molecule has 1 heterocycles. The number of hydrogen-bond donors (Lipinski definition) is 1. The van der Waals surface area contributed by atoms with Gasteiger partial charge in [-0.3, -0.25) is 4.79 Å². The Morgan fingerprint density at radius 3 is 2.75 bits per heavy atom. The number of amides is 1.